The van der Waals surface area contributed by atoms with Crippen molar-refractivity contribution in [3.05, 3.63) is 21.7 Å². The molecule has 0 unspecified atom stereocenters. The highest BCUT2D eigenvalue weighted by atomic mass is 79.9. The molecule has 0 saturated heterocycles. The summed E-state index contributed by atoms with van der Waals surface area (Å²) in [6, 6.07) is 1.65. The van der Waals surface area contributed by atoms with Gasteiger partial charge in [0.2, 0.25) is 6.79 Å². The van der Waals surface area contributed by atoms with Crippen molar-refractivity contribution in [1.29, 1.82) is 0 Å². The van der Waals surface area contributed by atoms with E-state index < -0.39 is 0 Å². The number of rotatable bonds is 3. The maximum absolute atomic E-state index is 10.8. The number of hydrogen-bond acceptors (Lipinski definition) is 5. The predicted molar refractivity (Wildman–Crippen MR) is 54.6 cm³/mol. The fraction of sp³-hybridized carbons (Fsp3) is 0.222. The Balaban J connectivity index is 2.57. The first-order chi connectivity index (χ1) is 7.27. The molecule has 0 amide bonds. The molecule has 1 aliphatic heterocycles. The van der Waals surface area contributed by atoms with Gasteiger partial charge in [0, 0.05) is 10.0 Å². The molecule has 0 atom stereocenters. The van der Waals surface area contributed by atoms with Gasteiger partial charge in [-0.25, -0.2) is 5.90 Å². The number of hydrogen-bond donors (Lipinski definition) is 1. The van der Waals surface area contributed by atoms with Crippen LogP contribution in [0.3, 0.4) is 0 Å². The van der Waals surface area contributed by atoms with E-state index >= 15 is 0 Å². The normalized spacial score (nSPS) is 12.9. The Morgan fingerprint density at radius 1 is 1.53 bits per heavy atom. The molecule has 0 radical (unpaired) electrons. The number of carbonyl (C=O) groups excluding carboxylic acids is 1. The van der Waals surface area contributed by atoms with Crippen molar-refractivity contribution in [3.63, 3.8) is 0 Å². The molecule has 0 saturated carbocycles. The Labute approximate surface area is 94.2 Å². The van der Waals surface area contributed by atoms with Crippen LogP contribution in [-0.2, 0) is 11.4 Å². The van der Waals surface area contributed by atoms with E-state index in [-0.39, 0.29) is 13.4 Å². The van der Waals surface area contributed by atoms with Gasteiger partial charge in [-0.1, -0.05) is 15.9 Å². The largest absolute Gasteiger partial charge is 0.453 e. The second-order valence-corrected chi connectivity index (χ2v) is 3.77. The summed E-state index contributed by atoms with van der Waals surface area (Å²) in [6.07, 6.45) is 0.714. The van der Waals surface area contributed by atoms with Crippen LogP contribution in [-0.4, -0.2) is 13.1 Å². The molecule has 6 heteroatoms. The van der Waals surface area contributed by atoms with Crippen LogP contribution in [0.4, 0.5) is 0 Å². The Morgan fingerprint density at radius 3 is 2.93 bits per heavy atom. The minimum atomic E-state index is 0.101. The fourth-order valence-electron chi connectivity index (χ4n) is 1.42. The van der Waals surface area contributed by atoms with Crippen LogP contribution in [0.1, 0.15) is 15.9 Å². The molecule has 80 valence electrons. The van der Waals surface area contributed by atoms with E-state index in [9.17, 15) is 4.79 Å². The van der Waals surface area contributed by atoms with Crippen molar-refractivity contribution in [1.82, 2.24) is 0 Å². The minimum Gasteiger partial charge on any atom is -0.453 e. The van der Waals surface area contributed by atoms with Gasteiger partial charge in [-0.3, -0.25) is 9.63 Å². The van der Waals surface area contributed by atoms with Gasteiger partial charge < -0.3 is 9.47 Å². The maximum atomic E-state index is 10.8. The molecule has 0 fully saturated rings. The Kier molecular flexibility index (Phi) is 2.90. The van der Waals surface area contributed by atoms with Crippen molar-refractivity contribution in [3.8, 4) is 11.5 Å². The van der Waals surface area contributed by atoms with Crippen LogP contribution in [0.5, 0.6) is 11.5 Å². The zero-order valence-corrected chi connectivity index (χ0v) is 9.24. The van der Waals surface area contributed by atoms with Crippen molar-refractivity contribution in [2.45, 2.75) is 6.61 Å². The first kappa shape index (κ1) is 10.4. The highest BCUT2D eigenvalue weighted by molar-refractivity contribution is 9.10. The molecule has 1 aromatic rings. The Hall–Kier alpha value is -1.11. The molecule has 0 bridgehead atoms. The third-order valence-electron chi connectivity index (χ3n) is 2.07. The first-order valence-electron chi connectivity index (χ1n) is 4.15. The van der Waals surface area contributed by atoms with Crippen LogP contribution in [0.25, 0.3) is 0 Å². The topological polar surface area (TPSA) is 70.8 Å². The van der Waals surface area contributed by atoms with E-state index in [2.05, 4.69) is 20.8 Å². The van der Waals surface area contributed by atoms with Gasteiger partial charge in [0.05, 0.1) is 12.2 Å². The molecule has 1 aliphatic rings. The van der Waals surface area contributed by atoms with Gasteiger partial charge in [-0.2, -0.15) is 0 Å². The van der Waals surface area contributed by atoms with Crippen LogP contribution in [0.2, 0.25) is 0 Å². The third kappa shape index (κ3) is 1.71. The van der Waals surface area contributed by atoms with Crippen LogP contribution >= 0.6 is 15.9 Å². The molecule has 1 heterocycles. The highest BCUT2D eigenvalue weighted by Crippen LogP contribution is 2.42. The molecular weight excluding hydrogens is 266 g/mol. The summed E-state index contributed by atoms with van der Waals surface area (Å²) >= 11 is 3.31. The lowest BCUT2D eigenvalue weighted by Crippen LogP contribution is -2.02. The molecule has 1 aromatic carbocycles. The van der Waals surface area contributed by atoms with Gasteiger partial charge in [0.1, 0.15) is 0 Å². The molecule has 5 nitrogen and oxygen atoms in total. The molecule has 15 heavy (non-hydrogen) atoms. The number of benzene rings is 1. The third-order valence-corrected chi connectivity index (χ3v) is 2.78. The monoisotopic (exact) mass is 273 g/mol. The van der Waals surface area contributed by atoms with Crippen LogP contribution < -0.4 is 15.4 Å². The van der Waals surface area contributed by atoms with E-state index in [0.717, 1.165) is 5.56 Å². The molecule has 2 N–H and O–H groups in total. The molecule has 0 aliphatic carbocycles. The number of ether oxygens (including phenoxy) is 2. The van der Waals surface area contributed by atoms with E-state index in [4.69, 9.17) is 15.4 Å². The van der Waals surface area contributed by atoms with E-state index in [0.29, 0.717) is 27.8 Å². The average molecular weight is 274 g/mol. The van der Waals surface area contributed by atoms with Crippen LogP contribution in [0, 0.1) is 0 Å². The minimum absolute atomic E-state index is 0.101. The van der Waals surface area contributed by atoms with E-state index in [1.54, 1.807) is 6.07 Å². The van der Waals surface area contributed by atoms with Gasteiger partial charge >= 0.3 is 0 Å². The zero-order chi connectivity index (χ0) is 10.8. The number of nitrogens with two attached hydrogens (primary N) is 1. The first-order valence-corrected chi connectivity index (χ1v) is 4.95. The molecule has 2 rings (SSSR count). The number of aldehydes is 1. The smallest absolute Gasteiger partial charge is 0.231 e. The average Bonchev–Trinajstić information content (AvgIpc) is 2.70. The number of carbonyl (C=O) groups is 1. The SMILES string of the molecule is NOCc1c(Br)cc(C=O)c2c1OCO2. The van der Waals surface area contributed by atoms with Gasteiger partial charge in [0.15, 0.2) is 17.8 Å². The summed E-state index contributed by atoms with van der Waals surface area (Å²) in [5.41, 5.74) is 1.17. The second kappa shape index (κ2) is 4.18. The summed E-state index contributed by atoms with van der Waals surface area (Å²) in [4.78, 5) is 15.3. The molecular formula is C9H8BrNO4. The lowest BCUT2D eigenvalue weighted by molar-refractivity contribution is 0.111. The number of fused-ring (bicyclic) bond motifs is 1. The standard InChI is InChI=1S/C9H8BrNO4/c10-7-1-5(2-12)8-9(14-4-13-8)6(7)3-15-11/h1-2H,3-4,11H2. The predicted octanol–water partition coefficient (Wildman–Crippen LogP) is 1.38. The zero-order valence-electron chi connectivity index (χ0n) is 7.66. The quantitative estimate of drug-likeness (QED) is 0.666. The van der Waals surface area contributed by atoms with E-state index in [1.807, 2.05) is 0 Å². The summed E-state index contributed by atoms with van der Waals surface area (Å²) in [7, 11) is 0. The summed E-state index contributed by atoms with van der Waals surface area (Å²) < 4.78 is 11.2. The van der Waals surface area contributed by atoms with Crippen molar-refractivity contribution in [2.24, 2.45) is 5.90 Å². The van der Waals surface area contributed by atoms with Crippen molar-refractivity contribution >= 4 is 22.2 Å². The summed E-state index contributed by atoms with van der Waals surface area (Å²) in [6.45, 7) is 0.287. The van der Waals surface area contributed by atoms with Gasteiger partial charge in [-0.05, 0) is 6.07 Å². The Morgan fingerprint density at radius 2 is 2.27 bits per heavy atom. The summed E-state index contributed by atoms with van der Waals surface area (Å²) in [5.74, 6) is 5.96. The lowest BCUT2D eigenvalue weighted by atomic mass is 10.1. The van der Waals surface area contributed by atoms with Gasteiger partial charge in [-0.15, -0.1) is 0 Å². The Bertz CT molecular complexity index is 408. The fourth-order valence-corrected chi connectivity index (χ4v) is 1.96. The molecule has 0 spiro atoms. The van der Waals surface area contributed by atoms with Crippen LogP contribution in [0.15, 0.2) is 10.5 Å². The lowest BCUT2D eigenvalue weighted by Gasteiger charge is -2.08. The number of halogens is 1. The summed E-state index contributed by atoms with van der Waals surface area (Å²) in [5, 5.41) is 0. The maximum Gasteiger partial charge on any atom is 0.231 e. The van der Waals surface area contributed by atoms with E-state index in [1.165, 1.54) is 0 Å². The van der Waals surface area contributed by atoms with Gasteiger partial charge in [0.25, 0.3) is 0 Å². The highest BCUT2D eigenvalue weighted by Gasteiger charge is 2.24. The van der Waals surface area contributed by atoms with Crippen molar-refractivity contribution in [2.75, 3.05) is 6.79 Å². The molecule has 0 aromatic heterocycles. The second-order valence-electron chi connectivity index (χ2n) is 2.92. The van der Waals surface area contributed by atoms with Crippen molar-refractivity contribution < 1.29 is 19.1 Å².